The van der Waals surface area contributed by atoms with Gasteiger partial charge in [0.2, 0.25) is 11.8 Å². The van der Waals surface area contributed by atoms with E-state index >= 15 is 0 Å². The molecule has 0 aromatic heterocycles. The average molecular weight is 557 g/mol. The maximum absolute atomic E-state index is 14.1. The standard InChI is InChI=1S/C30H25BrN2O4/c31-30-22-12-3-1-10-20(22)24(21-11-2-4-13-23(21)30)25-26(30)29(36)33(28(25)35)18-8-5-7-17(15-18)27(34)32-16-19-9-6-14-37-19/h1-5,7-8,10-13,15,19,24-26H,6,9,14,16H2,(H,32,34)/t19-,24?,25+,26-,30?/m0/s1. The van der Waals surface area contributed by atoms with Gasteiger partial charge in [-0.1, -0.05) is 70.5 Å². The first-order valence-electron chi connectivity index (χ1n) is 12.8. The third kappa shape index (κ3) is 3.17. The first-order chi connectivity index (χ1) is 18.0. The molecule has 2 bridgehead atoms. The van der Waals surface area contributed by atoms with E-state index in [2.05, 4.69) is 45.5 Å². The number of hydrogen-bond acceptors (Lipinski definition) is 4. The summed E-state index contributed by atoms with van der Waals surface area (Å²) in [7, 11) is 0. The molecule has 0 saturated carbocycles. The summed E-state index contributed by atoms with van der Waals surface area (Å²) < 4.78 is 4.80. The first kappa shape index (κ1) is 22.9. The minimum Gasteiger partial charge on any atom is -0.376 e. The normalized spacial score (nSPS) is 29.2. The number of amides is 3. The first-order valence-corrected chi connectivity index (χ1v) is 13.5. The minimum absolute atomic E-state index is 0.0332. The molecule has 0 unspecified atom stereocenters. The molecule has 186 valence electrons. The quantitative estimate of drug-likeness (QED) is 0.379. The predicted molar refractivity (Wildman–Crippen MR) is 142 cm³/mol. The van der Waals surface area contributed by atoms with Crippen molar-refractivity contribution in [2.75, 3.05) is 18.1 Å². The molecule has 0 radical (unpaired) electrons. The molecule has 1 N–H and O–H groups in total. The Balaban J connectivity index is 1.26. The number of hydrogen-bond donors (Lipinski definition) is 1. The van der Waals surface area contributed by atoms with Gasteiger partial charge < -0.3 is 10.1 Å². The second-order valence-electron chi connectivity index (χ2n) is 10.3. The zero-order valence-corrected chi connectivity index (χ0v) is 21.6. The van der Waals surface area contributed by atoms with E-state index in [4.69, 9.17) is 4.74 Å². The summed E-state index contributed by atoms with van der Waals surface area (Å²) >= 11 is 4.02. The molecule has 3 aromatic rings. The molecule has 3 amide bonds. The van der Waals surface area contributed by atoms with Gasteiger partial charge in [0.25, 0.3) is 5.91 Å². The number of carbonyl (C=O) groups is 3. The number of carbonyl (C=O) groups excluding carboxylic acids is 3. The zero-order chi connectivity index (χ0) is 25.3. The molecular weight excluding hydrogens is 532 g/mol. The van der Waals surface area contributed by atoms with Crippen molar-refractivity contribution in [1.82, 2.24) is 5.32 Å². The van der Waals surface area contributed by atoms with E-state index in [1.165, 1.54) is 4.90 Å². The number of rotatable bonds is 4. The van der Waals surface area contributed by atoms with Crippen LogP contribution in [0.1, 0.15) is 51.4 Å². The molecule has 0 spiro atoms. The predicted octanol–water partition coefficient (Wildman–Crippen LogP) is 4.50. The number of halogens is 1. The number of nitrogens with zero attached hydrogens (tertiary/aromatic N) is 1. The van der Waals surface area contributed by atoms with Crippen LogP contribution in [0, 0.1) is 11.8 Å². The highest BCUT2D eigenvalue weighted by Gasteiger charge is 2.67. The molecule has 8 rings (SSSR count). The Kier molecular flexibility index (Phi) is 5.17. The van der Waals surface area contributed by atoms with Crippen molar-refractivity contribution in [2.45, 2.75) is 29.2 Å². The van der Waals surface area contributed by atoms with E-state index in [-0.39, 0.29) is 29.7 Å². The van der Waals surface area contributed by atoms with Gasteiger partial charge in [-0.05, 0) is 53.3 Å². The molecular formula is C30H25BrN2O4. The molecule has 7 heteroatoms. The molecule has 3 aliphatic carbocycles. The third-order valence-electron chi connectivity index (χ3n) is 8.40. The lowest BCUT2D eigenvalue weighted by molar-refractivity contribution is -0.122. The van der Waals surface area contributed by atoms with Crippen LogP contribution in [-0.2, 0) is 18.7 Å². The number of nitrogens with one attached hydrogen (secondary N) is 1. The monoisotopic (exact) mass is 556 g/mol. The van der Waals surface area contributed by atoms with Gasteiger partial charge in [-0.3, -0.25) is 14.4 Å². The van der Waals surface area contributed by atoms with Gasteiger partial charge in [0, 0.05) is 24.6 Å². The van der Waals surface area contributed by atoms with Crippen LogP contribution in [0.25, 0.3) is 0 Å². The summed E-state index contributed by atoms with van der Waals surface area (Å²) in [6.45, 7) is 1.17. The number of alkyl halides is 1. The van der Waals surface area contributed by atoms with Crippen LogP contribution in [-0.4, -0.2) is 37.0 Å². The lowest BCUT2D eigenvalue weighted by Gasteiger charge is -2.51. The molecule has 3 aromatic carbocycles. The van der Waals surface area contributed by atoms with Crippen LogP contribution in [0.5, 0.6) is 0 Å². The summed E-state index contributed by atoms with van der Waals surface area (Å²) in [5.74, 6) is -2.00. The van der Waals surface area contributed by atoms with E-state index in [0.717, 1.165) is 41.7 Å². The Morgan fingerprint density at radius 1 is 0.973 bits per heavy atom. The van der Waals surface area contributed by atoms with Crippen molar-refractivity contribution < 1.29 is 19.1 Å². The SMILES string of the molecule is O=C(NC[C@@H]1CCCO1)c1cccc(N2C(=O)[C@@H]3C4c5ccccc5C(Br)(c5ccccc54)[C@@H]3C2=O)c1. The van der Waals surface area contributed by atoms with Gasteiger partial charge in [0.15, 0.2) is 0 Å². The molecule has 2 fully saturated rings. The summed E-state index contributed by atoms with van der Waals surface area (Å²) in [4.78, 5) is 42.3. The van der Waals surface area contributed by atoms with Gasteiger partial charge in [-0.15, -0.1) is 0 Å². The van der Waals surface area contributed by atoms with E-state index in [1.54, 1.807) is 24.3 Å². The average Bonchev–Trinajstić information content (AvgIpc) is 3.54. The summed E-state index contributed by atoms with van der Waals surface area (Å²) in [5.41, 5.74) is 5.11. The van der Waals surface area contributed by atoms with Crippen LogP contribution in [0.4, 0.5) is 5.69 Å². The lowest BCUT2D eigenvalue weighted by atomic mass is 9.55. The maximum Gasteiger partial charge on any atom is 0.251 e. The van der Waals surface area contributed by atoms with Crippen LogP contribution >= 0.6 is 15.9 Å². The fraction of sp³-hybridized carbons (Fsp3) is 0.300. The Hall–Kier alpha value is -3.29. The summed E-state index contributed by atoms with van der Waals surface area (Å²) in [6.07, 6.45) is 1.97. The summed E-state index contributed by atoms with van der Waals surface area (Å²) in [6, 6.07) is 23.0. The molecule has 5 aliphatic rings. The van der Waals surface area contributed by atoms with Gasteiger partial charge >= 0.3 is 0 Å². The Labute approximate surface area is 223 Å². The fourth-order valence-corrected chi connectivity index (χ4v) is 8.04. The van der Waals surface area contributed by atoms with E-state index in [9.17, 15) is 14.4 Å². The van der Waals surface area contributed by atoms with Gasteiger partial charge in [-0.2, -0.15) is 0 Å². The van der Waals surface area contributed by atoms with Crippen LogP contribution in [0.3, 0.4) is 0 Å². The largest absolute Gasteiger partial charge is 0.376 e. The van der Waals surface area contributed by atoms with E-state index < -0.39 is 16.2 Å². The Bertz CT molecular complexity index is 1420. The second-order valence-corrected chi connectivity index (χ2v) is 11.5. The van der Waals surface area contributed by atoms with Crippen LogP contribution in [0.15, 0.2) is 72.8 Å². The van der Waals surface area contributed by atoms with Crippen molar-refractivity contribution >= 4 is 39.3 Å². The molecule has 2 aliphatic heterocycles. The van der Waals surface area contributed by atoms with Gasteiger partial charge in [-0.25, -0.2) is 4.90 Å². The lowest BCUT2D eigenvalue weighted by Crippen LogP contribution is -2.50. The topological polar surface area (TPSA) is 75.7 Å². The number of anilines is 1. The maximum atomic E-state index is 14.1. The van der Waals surface area contributed by atoms with Crippen molar-refractivity contribution in [3.63, 3.8) is 0 Å². The highest BCUT2D eigenvalue weighted by Crippen LogP contribution is 2.66. The Morgan fingerprint density at radius 3 is 2.35 bits per heavy atom. The highest BCUT2D eigenvalue weighted by molar-refractivity contribution is 9.09. The molecule has 6 nitrogen and oxygen atoms in total. The number of benzene rings is 3. The van der Waals surface area contributed by atoms with Gasteiger partial charge in [0.05, 0.1) is 28.0 Å². The fourth-order valence-electron chi connectivity index (χ4n) is 6.83. The smallest absolute Gasteiger partial charge is 0.251 e. The van der Waals surface area contributed by atoms with Crippen LogP contribution in [0.2, 0.25) is 0 Å². The third-order valence-corrected chi connectivity index (χ3v) is 9.74. The molecule has 2 saturated heterocycles. The van der Waals surface area contributed by atoms with Crippen molar-refractivity contribution in [1.29, 1.82) is 0 Å². The molecule has 2 heterocycles. The van der Waals surface area contributed by atoms with Gasteiger partial charge in [0.1, 0.15) is 0 Å². The van der Waals surface area contributed by atoms with E-state index in [0.29, 0.717) is 17.8 Å². The number of imide groups is 1. The minimum atomic E-state index is -0.794. The van der Waals surface area contributed by atoms with Crippen LogP contribution < -0.4 is 10.2 Å². The molecule has 37 heavy (non-hydrogen) atoms. The van der Waals surface area contributed by atoms with Crippen molar-refractivity contribution in [2.24, 2.45) is 11.8 Å². The number of ether oxygens (including phenoxy) is 1. The van der Waals surface area contributed by atoms with Crippen molar-refractivity contribution in [3.05, 3.63) is 101 Å². The Morgan fingerprint density at radius 2 is 1.68 bits per heavy atom. The van der Waals surface area contributed by atoms with E-state index in [1.807, 2.05) is 24.3 Å². The highest BCUT2D eigenvalue weighted by atomic mass is 79.9. The van der Waals surface area contributed by atoms with Crippen molar-refractivity contribution in [3.8, 4) is 0 Å². The summed E-state index contributed by atoms with van der Waals surface area (Å²) in [5, 5.41) is 2.93. The molecule has 3 atom stereocenters. The zero-order valence-electron chi connectivity index (χ0n) is 20.0. The second kappa shape index (κ2) is 8.36.